The standard InChI is InChI=1S/C10H12F2O2Si/c1-15(2,3)14-10-5-9(12)8(11)4-7(10)6-13/h4-6H,1-3H3. The summed E-state index contributed by atoms with van der Waals surface area (Å²) in [7, 11) is -1.93. The third-order valence-corrected chi connectivity index (χ3v) is 2.43. The maximum Gasteiger partial charge on any atom is 0.242 e. The van der Waals surface area contributed by atoms with Crippen molar-refractivity contribution in [3.63, 3.8) is 0 Å². The Hall–Kier alpha value is -1.23. The molecule has 1 aromatic rings. The molecular formula is C10H12F2O2Si. The van der Waals surface area contributed by atoms with Crippen molar-refractivity contribution >= 4 is 14.6 Å². The molecule has 0 spiro atoms. The molecule has 0 aliphatic heterocycles. The van der Waals surface area contributed by atoms with Crippen LogP contribution >= 0.6 is 0 Å². The number of hydrogen-bond donors (Lipinski definition) is 0. The molecule has 0 atom stereocenters. The van der Waals surface area contributed by atoms with Crippen molar-refractivity contribution in [1.29, 1.82) is 0 Å². The van der Waals surface area contributed by atoms with Gasteiger partial charge in [0.2, 0.25) is 8.32 Å². The van der Waals surface area contributed by atoms with Gasteiger partial charge in [-0.15, -0.1) is 0 Å². The second-order valence-corrected chi connectivity index (χ2v) is 8.57. The quantitative estimate of drug-likeness (QED) is 0.589. The van der Waals surface area contributed by atoms with Gasteiger partial charge in [-0.2, -0.15) is 0 Å². The lowest BCUT2D eigenvalue weighted by Crippen LogP contribution is -2.29. The Kier molecular flexibility index (Phi) is 3.24. The highest BCUT2D eigenvalue weighted by molar-refractivity contribution is 6.70. The lowest BCUT2D eigenvalue weighted by molar-refractivity contribution is 0.112. The van der Waals surface area contributed by atoms with Crippen LogP contribution in [0.4, 0.5) is 8.78 Å². The van der Waals surface area contributed by atoms with E-state index in [-0.39, 0.29) is 11.3 Å². The molecule has 82 valence electrons. The second-order valence-electron chi connectivity index (χ2n) is 4.14. The number of carbonyl (C=O) groups is 1. The van der Waals surface area contributed by atoms with Crippen LogP contribution in [0.15, 0.2) is 12.1 Å². The van der Waals surface area contributed by atoms with Gasteiger partial charge >= 0.3 is 0 Å². The summed E-state index contributed by atoms with van der Waals surface area (Å²) in [6.07, 6.45) is 0.456. The molecule has 1 rings (SSSR count). The van der Waals surface area contributed by atoms with Crippen molar-refractivity contribution in [2.75, 3.05) is 0 Å². The Morgan fingerprint density at radius 1 is 1.20 bits per heavy atom. The van der Waals surface area contributed by atoms with Gasteiger partial charge in [-0.3, -0.25) is 4.79 Å². The van der Waals surface area contributed by atoms with Gasteiger partial charge in [0.25, 0.3) is 0 Å². The van der Waals surface area contributed by atoms with Crippen molar-refractivity contribution in [3.8, 4) is 5.75 Å². The highest BCUT2D eigenvalue weighted by atomic mass is 28.4. The third kappa shape index (κ3) is 3.12. The van der Waals surface area contributed by atoms with Gasteiger partial charge in [-0.05, 0) is 25.7 Å². The lowest BCUT2D eigenvalue weighted by Gasteiger charge is -2.20. The van der Waals surface area contributed by atoms with Gasteiger partial charge in [-0.1, -0.05) is 0 Å². The first kappa shape index (κ1) is 11.8. The maximum absolute atomic E-state index is 12.9. The summed E-state index contributed by atoms with van der Waals surface area (Å²) in [4.78, 5) is 10.6. The maximum atomic E-state index is 12.9. The van der Waals surface area contributed by atoms with Crippen LogP contribution in [0.2, 0.25) is 19.6 Å². The number of aldehydes is 1. The molecule has 0 saturated carbocycles. The third-order valence-electron chi connectivity index (χ3n) is 1.60. The molecule has 0 radical (unpaired) electrons. The predicted molar refractivity (Wildman–Crippen MR) is 55.7 cm³/mol. The topological polar surface area (TPSA) is 26.3 Å². The molecule has 0 fully saturated rings. The smallest absolute Gasteiger partial charge is 0.242 e. The zero-order chi connectivity index (χ0) is 11.6. The van der Waals surface area contributed by atoms with Crippen LogP contribution in [-0.4, -0.2) is 14.6 Å². The fourth-order valence-electron chi connectivity index (χ4n) is 1.05. The van der Waals surface area contributed by atoms with Gasteiger partial charge < -0.3 is 4.43 Å². The minimum Gasteiger partial charge on any atom is -0.544 e. The van der Waals surface area contributed by atoms with Crippen LogP contribution in [0.3, 0.4) is 0 Å². The van der Waals surface area contributed by atoms with E-state index in [2.05, 4.69) is 0 Å². The van der Waals surface area contributed by atoms with Gasteiger partial charge in [0.05, 0.1) is 5.56 Å². The highest BCUT2D eigenvalue weighted by Gasteiger charge is 2.19. The zero-order valence-electron chi connectivity index (χ0n) is 8.80. The molecule has 0 N–H and O–H groups in total. The van der Waals surface area contributed by atoms with E-state index in [9.17, 15) is 13.6 Å². The summed E-state index contributed by atoms with van der Waals surface area (Å²) in [6, 6.07) is 1.76. The SMILES string of the molecule is C[Si](C)(C)Oc1cc(F)c(F)cc1C=O. The van der Waals surface area contributed by atoms with Crippen molar-refractivity contribution in [3.05, 3.63) is 29.3 Å². The molecule has 0 unspecified atom stereocenters. The predicted octanol–water partition coefficient (Wildman–Crippen LogP) is 2.99. The van der Waals surface area contributed by atoms with Crippen molar-refractivity contribution < 1.29 is 18.0 Å². The van der Waals surface area contributed by atoms with Crippen molar-refractivity contribution in [1.82, 2.24) is 0 Å². The van der Waals surface area contributed by atoms with E-state index in [1.54, 1.807) is 0 Å². The van der Waals surface area contributed by atoms with Crippen LogP contribution in [0.5, 0.6) is 5.75 Å². The van der Waals surface area contributed by atoms with Gasteiger partial charge in [-0.25, -0.2) is 8.78 Å². The minimum absolute atomic E-state index is 0.0383. The first-order valence-corrected chi connectivity index (χ1v) is 7.87. The first-order valence-electron chi connectivity index (χ1n) is 4.47. The summed E-state index contributed by atoms with van der Waals surface area (Å²) in [5, 5.41) is 0. The number of hydrogen-bond acceptors (Lipinski definition) is 2. The van der Waals surface area contributed by atoms with E-state index in [1.807, 2.05) is 19.6 Å². The average Bonchev–Trinajstić information content (AvgIpc) is 2.08. The van der Waals surface area contributed by atoms with E-state index in [1.165, 1.54) is 0 Å². The number of benzene rings is 1. The summed E-state index contributed by atoms with van der Waals surface area (Å²) < 4.78 is 31.2. The second kappa shape index (κ2) is 4.10. The minimum atomic E-state index is -1.93. The van der Waals surface area contributed by atoms with E-state index in [0.29, 0.717) is 6.29 Å². The lowest BCUT2D eigenvalue weighted by atomic mass is 10.2. The van der Waals surface area contributed by atoms with Crippen molar-refractivity contribution in [2.45, 2.75) is 19.6 Å². The molecule has 0 amide bonds. The van der Waals surface area contributed by atoms with E-state index in [4.69, 9.17) is 4.43 Å². The normalized spacial score (nSPS) is 11.3. The van der Waals surface area contributed by atoms with E-state index < -0.39 is 20.0 Å². The van der Waals surface area contributed by atoms with E-state index >= 15 is 0 Å². The van der Waals surface area contributed by atoms with Crippen LogP contribution in [0.1, 0.15) is 10.4 Å². The molecule has 0 aliphatic carbocycles. The number of halogens is 2. The fraction of sp³-hybridized carbons (Fsp3) is 0.300. The monoisotopic (exact) mass is 230 g/mol. The summed E-state index contributed by atoms with van der Waals surface area (Å²) in [6.45, 7) is 5.68. The Morgan fingerprint density at radius 2 is 1.73 bits per heavy atom. The van der Waals surface area contributed by atoms with Crippen molar-refractivity contribution in [2.24, 2.45) is 0 Å². The molecule has 0 aromatic heterocycles. The molecule has 15 heavy (non-hydrogen) atoms. The molecule has 0 heterocycles. The Labute approximate surface area is 88.0 Å². The Morgan fingerprint density at radius 3 is 2.20 bits per heavy atom. The first-order chi connectivity index (χ1) is 6.83. The molecule has 2 nitrogen and oxygen atoms in total. The fourth-order valence-corrected chi connectivity index (χ4v) is 1.89. The molecule has 0 bridgehead atoms. The summed E-state index contributed by atoms with van der Waals surface area (Å²) >= 11 is 0. The number of carbonyl (C=O) groups excluding carboxylic acids is 1. The summed E-state index contributed by atoms with van der Waals surface area (Å²) in [5.41, 5.74) is 0.0383. The number of rotatable bonds is 3. The Bertz CT molecular complexity index is 386. The van der Waals surface area contributed by atoms with Crippen LogP contribution in [0.25, 0.3) is 0 Å². The van der Waals surface area contributed by atoms with Gasteiger partial charge in [0, 0.05) is 6.07 Å². The highest BCUT2D eigenvalue weighted by Crippen LogP contribution is 2.23. The molecular weight excluding hydrogens is 218 g/mol. The zero-order valence-corrected chi connectivity index (χ0v) is 9.80. The molecule has 0 aliphatic rings. The average molecular weight is 230 g/mol. The van der Waals surface area contributed by atoms with Crippen LogP contribution < -0.4 is 4.43 Å². The van der Waals surface area contributed by atoms with Gasteiger partial charge in [0.1, 0.15) is 5.75 Å². The molecule has 1 aromatic carbocycles. The Balaban J connectivity index is 3.16. The van der Waals surface area contributed by atoms with Gasteiger partial charge in [0.15, 0.2) is 17.9 Å². The largest absolute Gasteiger partial charge is 0.544 e. The molecule has 5 heteroatoms. The van der Waals surface area contributed by atoms with E-state index in [0.717, 1.165) is 12.1 Å². The molecule has 0 saturated heterocycles. The summed E-state index contributed by atoms with van der Waals surface area (Å²) in [5.74, 6) is -1.93. The van der Waals surface area contributed by atoms with Crippen LogP contribution in [0, 0.1) is 11.6 Å². The van der Waals surface area contributed by atoms with Crippen LogP contribution in [-0.2, 0) is 0 Å².